The molecule has 3 aromatic rings. The first kappa shape index (κ1) is 26.8. The number of carboxylic acid groups (broad SMARTS) is 1. The van der Waals surface area contributed by atoms with Gasteiger partial charge < -0.3 is 10.8 Å². The molecular formula is C18H18F6N6O3S. The lowest BCUT2D eigenvalue weighted by atomic mass is 10.2. The van der Waals surface area contributed by atoms with Crippen molar-refractivity contribution in [3.8, 4) is 10.4 Å². The Hall–Kier alpha value is -3.40. The van der Waals surface area contributed by atoms with Crippen LogP contribution in [0.5, 0.6) is 0 Å². The van der Waals surface area contributed by atoms with E-state index in [1.165, 1.54) is 17.4 Å². The number of hydrogen-bond donors (Lipinski definition) is 3. The van der Waals surface area contributed by atoms with Crippen LogP contribution in [-0.2, 0) is 24.3 Å². The highest BCUT2D eigenvalue weighted by Crippen LogP contribution is 2.31. The van der Waals surface area contributed by atoms with Gasteiger partial charge in [-0.3, -0.25) is 9.25 Å². The quantitative estimate of drug-likeness (QED) is 0.417. The molecule has 3 aromatic heterocycles. The third-order valence-corrected chi connectivity index (χ3v) is 5.41. The number of nitrogens with zero attached hydrogens (tertiary/aromatic N) is 4. The third-order valence-electron chi connectivity index (χ3n) is 4.27. The number of H-pyrrole nitrogens is 1. The summed E-state index contributed by atoms with van der Waals surface area (Å²) < 4.78 is 74.7. The summed E-state index contributed by atoms with van der Waals surface area (Å²) in [4.78, 5) is 21.8. The highest BCUT2D eigenvalue weighted by molar-refractivity contribution is 7.15. The van der Waals surface area contributed by atoms with E-state index in [0.29, 0.717) is 11.4 Å². The third kappa shape index (κ3) is 6.80. The molecule has 3 rings (SSSR count). The number of alkyl halides is 3. The number of nitrogens with one attached hydrogen (secondary N) is 1. The molecule has 9 nitrogen and oxygen atoms in total. The lowest BCUT2D eigenvalue weighted by Gasteiger charge is -2.06. The van der Waals surface area contributed by atoms with Crippen molar-refractivity contribution in [3.05, 3.63) is 57.1 Å². The van der Waals surface area contributed by atoms with E-state index in [2.05, 4.69) is 15.3 Å². The Morgan fingerprint density at radius 1 is 1.32 bits per heavy atom. The number of hydrogen-bond acceptors (Lipinski definition) is 6. The fourth-order valence-electron chi connectivity index (χ4n) is 2.52. The Morgan fingerprint density at radius 3 is 2.47 bits per heavy atom. The van der Waals surface area contributed by atoms with Crippen LogP contribution in [0.2, 0.25) is 0 Å². The number of aromatic nitrogens is 5. The zero-order valence-corrected chi connectivity index (χ0v) is 18.2. The molecule has 16 heteroatoms. The normalized spacial score (nSPS) is 11.2. The van der Waals surface area contributed by atoms with Crippen molar-refractivity contribution >= 4 is 17.3 Å². The molecule has 0 radical (unpaired) electrons. The summed E-state index contributed by atoms with van der Waals surface area (Å²) in [7, 11) is 0. The van der Waals surface area contributed by atoms with Crippen LogP contribution in [0.1, 0.15) is 17.6 Å². The molecule has 0 bridgehead atoms. The predicted molar refractivity (Wildman–Crippen MR) is 109 cm³/mol. The number of aromatic amines is 1. The SMILES string of the molecule is CCn1cc(-c2cc(F)c(Cn3c(CC(CN)=C(F)F)n[nH]c3=O)s2)cn1.O=C(O)C(F)(F)F. The fourth-order valence-corrected chi connectivity index (χ4v) is 3.52. The van der Waals surface area contributed by atoms with E-state index in [-0.39, 0.29) is 35.8 Å². The zero-order valence-electron chi connectivity index (χ0n) is 17.4. The van der Waals surface area contributed by atoms with Gasteiger partial charge in [-0.2, -0.15) is 32.1 Å². The van der Waals surface area contributed by atoms with Gasteiger partial charge in [-0.1, -0.05) is 0 Å². The summed E-state index contributed by atoms with van der Waals surface area (Å²) in [5.74, 6) is -3.17. The van der Waals surface area contributed by atoms with Crippen LogP contribution in [0.4, 0.5) is 26.3 Å². The van der Waals surface area contributed by atoms with Crippen LogP contribution in [0.3, 0.4) is 0 Å². The molecule has 0 saturated heterocycles. The Labute approximate surface area is 191 Å². The van der Waals surface area contributed by atoms with Gasteiger partial charge in [0, 0.05) is 41.7 Å². The minimum absolute atomic E-state index is 0.0707. The van der Waals surface area contributed by atoms with Gasteiger partial charge in [0.2, 0.25) is 0 Å². The van der Waals surface area contributed by atoms with E-state index >= 15 is 0 Å². The average molecular weight is 512 g/mol. The largest absolute Gasteiger partial charge is 0.490 e. The first-order chi connectivity index (χ1) is 15.9. The van der Waals surface area contributed by atoms with Gasteiger partial charge in [0.1, 0.15) is 11.6 Å². The number of halogens is 6. The molecule has 0 aliphatic carbocycles. The smallest absolute Gasteiger partial charge is 0.475 e. The maximum atomic E-state index is 14.4. The molecule has 3 heterocycles. The second kappa shape index (κ2) is 11.1. The summed E-state index contributed by atoms with van der Waals surface area (Å²) >= 11 is 1.17. The van der Waals surface area contributed by atoms with E-state index in [4.69, 9.17) is 15.6 Å². The maximum Gasteiger partial charge on any atom is 0.490 e. The van der Waals surface area contributed by atoms with Crippen LogP contribution in [0.15, 0.2) is 34.9 Å². The van der Waals surface area contributed by atoms with Gasteiger partial charge in [-0.25, -0.2) is 19.1 Å². The van der Waals surface area contributed by atoms with E-state index in [1.54, 1.807) is 17.1 Å². The van der Waals surface area contributed by atoms with Gasteiger partial charge in [0.25, 0.3) is 6.08 Å². The summed E-state index contributed by atoms with van der Waals surface area (Å²) in [6.07, 6.45) is -3.85. The molecule has 186 valence electrons. The molecule has 4 N–H and O–H groups in total. The van der Waals surface area contributed by atoms with Crippen LogP contribution >= 0.6 is 11.3 Å². The molecule has 0 atom stereocenters. The van der Waals surface area contributed by atoms with Crippen molar-refractivity contribution in [1.29, 1.82) is 0 Å². The van der Waals surface area contributed by atoms with Gasteiger partial charge in [-0.05, 0) is 13.0 Å². The number of rotatable bonds is 7. The van der Waals surface area contributed by atoms with E-state index in [1.807, 2.05) is 6.92 Å². The predicted octanol–water partition coefficient (Wildman–Crippen LogP) is 2.99. The number of nitrogens with two attached hydrogens (primary N) is 1. The molecule has 0 aliphatic heterocycles. The number of carbonyl (C=O) groups is 1. The lowest BCUT2D eigenvalue weighted by Crippen LogP contribution is -2.21. The first-order valence-electron chi connectivity index (χ1n) is 9.35. The van der Waals surface area contributed by atoms with Crippen molar-refractivity contribution in [1.82, 2.24) is 24.5 Å². The molecule has 0 aliphatic rings. The lowest BCUT2D eigenvalue weighted by molar-refractivity contribution is -0.192. The van der Waals surface area contributed by atoms with Crippen LogP contribution < -0.4 is 11.4 Å². The van der Waals surface area contributed by atoms with Crippen molar-refractivity contribution < 1.29 is 36.2 Å². The van der Waals surface area contributed by atoms with Crippen molar-refractivity contribution in [3.63, 3.8) is 0 Å². The molecular weight excluding hydrogens is 494 g/mol. The highest BCUT2D eigenvalue weighted by Gasteiger charge is 2.38. The molecule has 0 fully saturated rings. The Balaban J connectivity index is 0.000000509. The molecule has 34 heavy (non-hydrogen) atoms. The minimum Gasteiger partial charge on any atom is -0.475 e. The molecule has 0 saturated carbocycles. The average Bonchev–Trinajstić information content (AvgIpc) is 3.46. The molecule has 0 amide bonds. The Morgan fingerprint density at radius 2 is 1.97 bits per heavy atom. The van der Waals surface area contributed by atoms with Crippen molar-refractivity contribution in [2.75, 3.05) is 6.54 Å². The fraction of sp³-hybridized carbons (Fsp3) is 0.333. The molecule has 0 spiro atoms. The standard InChI is InChI=1S/C16H17F3N6OS.C2HF3O2/c1-2-24-7-10(6-21-24)12-4-11(17)13(27-12)8-25-14(22-23-16(25)26)3-9(5-20)15(18)19;3-2(4,5)1(6)7/h4,6-7H,2-3,5,8,20H2,1H3,(H,23,26);(H,6,7). The summed E-state index contributed by atoms with van der Waals surface area (Å²) in [6, 6.07) is 1.37. The van der Waals surface area contributed by atoms with Crippen LogP contribution in [-0.4, -0.2) is 48.3 Å². The van der Waals surface area contributed by atoms with E-state index < -0.39 is 29.7 Å². The first-order valence-corrected chi connectivity index (χ1v) is 10.2. The van der Waals surface area contributed by atoms with Gasteiger partial charge in [0.05, 0.1) is 17.6 Å². The minimum atomic E-state index is -5.08. The van der Waals surface area contributed by atoms with Crippen LogP contribution in [0, 0.1) is 5.82 Å². The van der Waals surface area contributed by atoms with Gasteiger partial charge in [0.15, 0.2) is 0 Å². The summed E-state index contributed by atoms with van der Waals surface area (Å²) in [5, 5.41) is 17.3. The van der Waals surface area contributed by atoms with E-state index in [9.17, 15) is 31.1 Å². The van der Waals surface area contributed by atoms with Crippen molar-refractivity contribution in [2.45, 2.75) is 32.6 Å². The van der Waals surface area contributed by atoms with Crippen LogP contribution in [0.25, 0.3) is 10.4 Å². The number of thiophene rings is 1. The number of aliphatic carboxylic acids is 1. The summed E-state index contributed by atoms with van der Waals surface area (Å²) in [6.45, 7) is 2.15. The maximum absolute atomic E-state index is 14.4. The Bertz CT molecular complexity index is 1220. The monoisotopic (exact) mass is 512 g/mol. The molecule has 0 aromatic carbocycles. The number of carboxylic acids is 1. The highest BCUT2D eigenvalue weighted by atomic mass is 32.1. The van der Waals surface area contributed by atoms with Crippen molar-refractivity contribution in [2.24, 2.45) is 5.73 Å². The second-order valence-corrected chi connectivity index (χ2v) is 7.68. The number of aryl methyl sites for hydroxylation is 1. The van der Waals surface area contributed by atoms with Gasteiger partial charge in [-0.15, -0.1) is 11.3 Å². The molecule has 0 unspecified atom stereocenters. The Kier molecular flexibility index (Phi) is 8.80. The summed E-state index contributed by atoms with van der Waals surface area (Å²) in [5.41, 5.74) is 5.14. The second-order valence-electron chi connectivity index (χ2n) is 6.55. The topological polar surface area (TPSA) is 132 Å². The van der Waals surface area contributed by atoms with E-state index in [0.717, 1.165) is 10.1 Å². The zero-order chi connectivity index (χ0) is 25.6. The van der Waals surface area contributed by atoms with Gasteiger partial charge >= 0.3 is 17.8 Å².